The van der Waals surface area contributed by atoms with Gasteiger partial charge in [0.2, 0.25) is 17.7 Å². The van der Waals surface area contributed by atoms with Gasteiger partial charge in [0.1, 0.15) is 18.1 Å². The van der Waals surface area contributed by atoms with Gasteiger partial charge in [-0.15, -0.1) is 0 Å². The maximum absolute atomic E-state index is 13.7. The molecule has 14 heteroatoms. The number of hydrogen-bond acceptors (Lipinski definition) is 7. The van der Waals surface area contributed by atoms with E-state index in [-0.39, 0.29) is 25.2 Å². The van der Waals surface area contributed by atoms with Crippen molar-refractivity contribution in [2.75, 3.05) is 6.54 Å². The highest BCUT2D eigenvalue weighted by Gasteiger charge is 2.32. The summed E-state index contributed by atoms with van der Waals surface area (Å²) in [6.45, 7) is 0.714. The van der Waals surface area contributed by atoms with Crippen LogP contribution >= 0.6 is 0 Å². The fourth-order valence-corrected chi connectivity index (χ4v) is 5.10. The molecule has 3 aromatic heterocycles. The lowest BCUT2D eigenvalue weighted by Crippen LogP contribution is -2.58. The summed E-state index contributed by atoms with van der Waals surface area (Å²) in [7, 11) is 0. The lowest BCUT2D eigenvalue weighted by atomic mass is 10.0. The van der Waals surface area contributed by atoms with E-state index in [0.29, 0.717) is 24.4 Å². The smallest absolute Gasteiger partial charge is 0.326 e. The van der Waals surface area contributed by atoms with Gasteiger partial charge in [0.15, 0.2) is 0 Å². The van der Waals surface area contributed by atoms with Gasteiger partial charge in [0, 0.05) is 60.1 Å². The second kappa shape index (κ2) is 13.1. The van der Waals surface area contributed by atoms with E-state index in [2.05, 4.69) is 46.2 Å². The van der Waals surface area contributed by atoms with E-state index in [4.69, 9.17) is 0 Å². The number of rotatable bonds is 13. The molecule has 1 fully saturated rings. The number of carbonyl (C=O) groups excluding carboxylic acids is 3. The molecule has 0 aliphatic carbocycles. The number of carboxylic acid groups (broad SMARTS) is 1. The number of carboxylic acids is 1. The maximum atomic E-state index is 13.7. The first kappa shape index (κ1) is 28.5. The Morgan fingerprint density at radius 1 is 0.857 bits per heavy atom. The summed E-state index contributed by atoms with van der Waals surface area (Å²) in [6.07, 6.45) is 9.37. The van der Waals surface area contributed by atoms with Crippen LogP contribution in [0.4, 0.5) is 0 Å². The van der Waals surface area contributed by atoms with E-state index in [0.717, 1.165) is 22.9 Å². The molecule has 3 amide bonds. The van der Waals surface area contributed by atoms with Crippen molar-refractivity contribution in [1.82, 2.24) is 46.2 Å². The van der Waals surface area contributed by atoms with Crippen LogP contribution in [-0.4, -0.2) is 84.4 Å². The zero-order valence-corrected chi connectivity index (χ0v) is 22.7. The largest absolute Gasteiger partial charge is 0.480 e. The molecule has 42 heavy (non-hydrogen) atoms. The summed E-state index contributed by atoms with van der Waals surface area (Å²) in [5.41, 5.74) is 2.77. The highest BCUT2D eigenvalue weighted by Crippen LogP contribution is 2.19. The molecule has 4 unspecified atom stereocenters. The van der Waals surface area contributed by atoms with Crippen molar-refractivity contribution in [3.8, 4) is 0 Å². The van der Waals surface area contributed by atoms with Crippen LogP contribution in [0.3, 0.4) is 0 Å². The van der Waals surface area contributed by atoms with Gasteiger partial charge in [-0.05, 0) is 31.0 Å². The summed E-state index contributed by atoms with van der Waals surface area (Å²) >= 11 is 0. The van der Waals surface area contributed by atoms with E-state index in [9.17, 15) is 24.3 Å². The Kier molecular flexibility index (Phi) is 8.92. The van der Waals surface area contributed by atoms with Crippen LogP contribution in [0.5, 0.6) is 0 Å². The number of aromatic amines is 3. The first-order valence-corrected chi connectivity index (χ1v) is 13.7. The lowest BCUT2D eigenvalue weighted by Gasteiger charge is -2.25. The van der Waals surface area contributed by atoms with Gasteiger partial charge in [-0.2, -0.15) is 0 Å². The fraction of sp³-hybridized carbons (Fsp3) is 0.357. The normalized spacial score (nSPS) is 16.9. The standard InChI is InChI=1S/C28H33N9O5/c38-25(21-6-3-7-31-21)36-23(9-17-12-29-14-33-17)27(40)35-22(8-16-11-32-20-5-2-1-4-19(16)20)26(39)37-24(28(41)42)10-18-13-30-15-34-18/h1-2,4-5,11-15,21-24,31-32H,3,6-10H2,(H,29,33)(H,30,34)(H,35,40)(H,36,38)(H,37,39)(H,41,42). The number of amides is 3. The van der Waals surface area contributed by atoms with Crippen LogP contribution in [0.1, 0.15) is 29.8 Å². The molecule has 0 radical (unpaired) electrons. The molecule has 4 aromatic rings. The number of hydrogen-bond donors (Lipinski definition) is 8. The van der Waals surface area contributed by atoms with Gasteiger partial charge >= 0.3 is 5.97 Å². The number of para-hydroxylation sites is 1. The molecule has 220 valence electrons. The Balaban J connectivity index is 1.38. The quantitative estimate of drug-likeness (QED) is 0.108. The first-order chi connectivity index (χ1) is 20.4. The number of aromatic nitrogens is 5. The molecule has 0 saturated carbocycles. The van der Waals surface area contributed by atoms with E-state index < -0.39 is 42.0 Å². The molecule has 14 nitrogen and oxygen atoms in total. The second-order valence-electron chi connectivity index (χ2n) is 10.3. The summed E-state index contributed by atoms with van der Waals surface area (Å²) in [4.78, 5) is 69.1. The molecule has 8 N–H and O–H groups in total. The Labute approximate surface area is 240 Å². The molecule has 0 spiro atoms. The molecule has 1 aliphatic heterocycles. The van der Waals surface area contributed by atoms with Gasteiger partial charge < -0.3 is 41.3 Å². The number of fused-ring (bicyclic) bond motifs is 1. The minimum absolute atomic E-state index is 0.0261. The average molecular weight is 576 g/mol. The SMILES string of the molecule is O=C(O)C(Cc1cnc[nH]1)NC(=O)C(Cc1c[nH]c2ccccc12)NC(=O)C(Cc1cnc[nH]1)NC(=O)C1CCCN1. The Hall–Kier alpha value is -4.98. The van der Waals surface area contributed by atoms with Crippen LogP contribution in [0.2, 0.25) is 0 Å². The Morgan fingerprint density at radius 3 is 2.12 bits per heavy atom. The molecule has 1 aromatic carbocycles. The summed E-state index contributed by atoms with van der Waals surface area (Å²) in [5.74, 6) is -2.81. The van der Waals surface area contributed by atoms with Crippen LogP contribution < -0.4 is 21.3 Å². The van der Waals surface area contributed by atoms with Crippen molar-refractivity contribution in [3.05, 3.63) is 72.5 Å². The zero-order chi connectivity index (χ0) is 29.5. The van der Waals surface area contributed by atoms with Gasteiger partial charge in [-0.1, -0.05) is 18.2 Å². The third kappa shape index (κ3) is 7.01. The van der Waals surface area contributed by atoms with Gasteiger partial charge in [0.25, 0.3) is 0 Å². The van der Waals surface area contributed by atoms with Crippen molar-refractivity contribution >= 4 is 34.6 Å². The number of nitrogens with one attached hydrogen (secondary N) is 7. The number of nitrogens with zero attached hydrogens (tertiary/aromatic N) is 2. The van der Waals surface area contributed by atoms with Crippen molar-refractivity contribution in [1.29, 1.82) is 0 Å². The minimum atomic E-state index is -1.27. The molecule has 0 bridgehead atoms. The monoisotopic (exact) mass is 575 g/mol. The topological polar surface area (TPSA) is 210 Å². The number of carbonyl (C=O) groups is 4. The van der Waals surface area contributed by atoms with E-state index >= 15 is 0 Å². The summed E-state index contributed by atoms with van der Waals surface area (Å²) in [5, 5.41) is 22.0. The van der Waals surface area contributed by atoms with Crippen LogP contribution in [0.15, 0.2) is 55.5 Å². The highest BCUT2D eigenvalue weighted by molar-refractivity contribution is 5.95. The van der Waals surface area contributed by atoms with Gasteiger partial charge in [0.05, 0.1) is 18.7 Å². The highest BCUT2D eigenvalue weighted by atomic mass is 16.4. The van der Waals surface area contributed by atoms with Crippen molar-refractivity contribution < 1.29 is 24.3 Å². The summed E-state index contributed by atoms with van der Waals surface area (Å²) < 4.78 is 0. The molecular weight excluding hydrogens is 542 g/mol. The van der Waals surface area contributed by atoms with Crippen molar-refractivity contribution in [2.45, 2.75) is 56.3 Å². The van der Waals surface area contributed by atoms with Crippen LogP contribution in [0, 0.1) is 0 Å². The molecule has 4 atom stereocenters. The number of H-pyrrole nitrogens is 3. The minimum Gasteiger partial charge on any atom is -0.480 e. The molecule has 1 saturated heterocycles. The third-order valence-electron chi connectivity index (χ3n) is 7.31. The summed E-state index contributed by atoms with van der Waals surface area (Å²) in [6, 6.07) is 3.69. The zero-order valence-electron chi connectivity index (χ0n) is 22.7. The van der Waals surface area contributed by atoms with E-state index in [1.807, 2.05) is 24.3 Å². The van der Waals surface area contributed by atoms with Crippen LogP contribution in [0.25, 0.3) is 10.9 Å². The Bertz CT molecular complexity index is 1510. The third-order valence-corrected chi connectivity index (χ3v) is 7.31. The first-order valence-electron chi connectivity index (χ1n) is 13.7. The predicted octanol–water partition coefficient (Wildman–Crippen LogP) is -0.0670. The Morgan fingerprint density at radius 2 is 1.50 bits per heavy atom. The maximum Gasteiger partial charge on any atom is 0.326 e. The fourth-order valence-electron chi connectivity index (χ4n) is 5.10. The number of aliphatic carboxylic acids is 1. The van der Waals surface area contributed by atoms with Crippen LogP contribution in [-0.2, 0) is 38.4 Å². The number of benzene rings is 1. The van der Waals surface area contributed by atoms with Gasteiger partial charge in [-0.25, -0.2) is 14.8 Å². The number of imidazole rings is 2. The van der Waals surface area contributed by atoms with E-state index in [1.165, 1.54) is 18.9 Å². The van der Waals surface area contributed by atoms with E-state index in [1.54, 1.807) is 12.4 Å². The molecule has 1 aliphatic rings. The van der Waals surface area contributed by atoms with Crippen molar-refractivity contribution in [2.24, 2.45) is 0 Å². The van der Waals surface area contributed by atoms with Gasteiger partial charge in [-0.3, -0.25) is 14.4 Å². The lowest BCUT2D eigenvalue weighted by molar-refractivity contribution is -0.142. The second-order valence-corrected chi connectivity index (χ2v) is 10.3. The van der Waals surface area contributed by atoms with Crippen molar-refractivity contribution in [3.63, 3.8) is 0 Å². The molecule has 5 rings (SSSR count). The average Bonchev–Trinajstić information content (AvgIpc) is 3.80. The molecular formula is C28H33N9O5. The molecule has 4 heterocycles. The predicted molar refractivity (Wildman–Crippen MR) is 151 cm³/mol.